The Balaban J connectivity index is 1.97. The summed E-state index contributed by atoms with van der Waals surface area (Å²) in [6.07, 6.45) is 3.18. The van der Waals surface area contributed by atoms with E-state index in [4.69, 9.17) is 10.00 Å². The van der Waals surface area contributed by atoms with E-state index in [9.17, 15) is 4.79 Å². The van der Waals surface area contributed by atoms with E-state index < -0.39 is 0 Å². The van der Waals surface area contributed by atoms with Crippen molar-refractivity contribution >= 4 is 23.5 Å². The molecule has 1 heterocycles. The summed E-state index contributed by atoms with van der Waals surface area (Å²) in [5.41, 5.74) is 1.79. The van der Waals surface area contributed by atoms with Crippen LogP contribution in [-0.2, 0) is 13.7 Å². The van der Waals surface area contributed by atoms with Gasteiger partial charge in [-0.25, -0.2) is 0 Å². The number of para-hydroxylation sites is 1. The van der Waals surface area contributed by atoms with Gasteiger partial charge in [0.2, 0.25) is 0 Å². The Bertz CT molecular complexity index is 1090. The first kappa shape index (κ1) is 16.7. The van der Waals surface area contributed by atoms with E-state index in [1.807, 2.05) is 66.7 Å². The maximum Gasteiger partial charge on any atom is 0.268 e. The van der Waals surface area contributed by atoms with Crippen LogP contribution in [0.5, 0.6) is 5.75 Å². The van der Waals surface area contributed by atoms with E-state index in [0.717, 1.165) is 11.1 Å². The third-order valence-corrected chi connectivity index (χ3v) is 4.80. The van der Waals surface area contributed by atoms with E-state index in [2.05, 4.69) is 0 Å². The number of nitriles is 1. The number of benzene rings is 2. The Morgan fingerprint density at radius 2 is 1.88 bits per heavy atom. The average molecular weight is 348 g/mol. The largest absolute Gasteiger partial charge is 0.488 e. The number of hydrogen-bond acceptors (Lipinski definition) is 4. The molecule has 3 rings (SSSR count). The lowest BCUT2D eigenvalue weighted by Crippen LogP contribution is -2.28. The fourth-order valence-corrected chi connectivity index (χ4v) is 3.34. The zero-order valence-electron chi connectivity index (χ0n) is 13.7. The van der Waals surface area contributed by atoms with Crippen LogP contribution in [0.15, 0.2) is 59.4 Å². The zero-order chi connectivity index (χ0) is 17.6. The molecule has 0 saturated heterocycles. The average Bonchev–Trinajstić information content (AvgIpc) is 2.90. The van der Waals surface area contributed by atoms with Gasteiger partial charge in [0, 0.05) is 18.7 Å². The van der Waals surface area contributed by atoms with Gasteiger partial charge in [0.1, 0.15) is 17.0 Å². The summed E-state index contributed by atoms with van der Waals surface area (Å²) in [5.74, 6) is 0.715. The third kappa shape index (κ3) is 3.87. The SMILES string of the molecule is Cn1c(=O)/c(=C\c2ccccc2OCc2ccccc2)s/c1=C\C#N. The van der Waals surface area contributed by atoms with Gasteiger partial charge >= 0.3 is 0 Å². The maximum absolute atomic E-state index is 12.3. The van der Waals surface area contributed by atoms with Gasteiger partial charge < -0.3 is 9.30 Å². The first-order chi connectivity index (χ1) is 12.2. The number of hydrogen-bond donors (Lipinski definition) is 0. The molecule has 0 unspecified atom stereocenters. The van der Waals surface area contributed by atoms with Crippen LogP contribution < -0.4 is 19.5 Å². The topological polar surface area (TPSA) is 55.0 Å². The second kappa shape index (κ2) is 7.65. The molecule has 0 aliphatic rings. The molecule has 0 fully saturated rings. The van der Waals surface area contributed by atoms with Crippen LogP contribution in [0.3, 0.4) is 0 Å². The molecule has 1 aromatic heterocycles. The molecular formula is C20H16N2O2S. The molecule has 0 aliphatic heterocycles. The summed E-state index contributed by atoms with van der Waals surface area (Å²) in [7, 11) is 1.66. The first-order valence-electron chi connectivity index (χ1n) is 7.72. The standard InChI is InChI=1S/C20H16N2O2S/c1-22-19(11-12-21)25-18(20(22)23)13-16-9-5-6-10-17(16)24-14-15-7-3-2-4-8-15/h2-11,13H,14H2,1H3/b18-13+,19-11-. The number of thiazole rings is 1. The Hall–Kier alpha value is -3.10. The van der Waals surface area contributed by atoms with Gasteiger partial charge in [-0.1, -0.05) is 48.5 Å². The molecule has 124 valence electrons. The molecule has 3 aromatic rings. The highest BCUT2D eigenvalue weighted by atomic mass is 32.1. The highest BCUT2D eigenvalue weighted by Crippen LogP contribution is 2.19. The predicted octanol–water partition coefficient (Wildman–Crippen LogP) is 2.16. The smallest absolute Gasteiger partial charge is 0.268 e. The zero-order valence-corrected chi connectivity index (χ0v) is 14.5. The summed E-state index contributed by atoms with van der Waals surface area (Å²) >= 11 is 1.29. The lowest BCUT2D eigenvalue weighted by molar-refractivity contribution is 0.305. The monoisotopic (exact) mass is 348 g/mol. The van der Waals surface area contributed by atoms with Crippen LogP contribution in [0.4, 0.5) is 0 Å². The van der Waals surface area contributed by atoms with E-state index in [1.54, 1.807) is 7.05 Å². The Morgan fingerprint density at radius 3 is 2.64 bits per heavy atom. The van der Waals surface area contributed by atoms with Crippen molar-refractivity contribution in [1.82, 2.24) is 4.57 Å². The van der Waals surface area contributed by atoms with Gasteiger partial charge in [0.25, 0.3) is 5.56 Å². The van der Waals surface area contributed by atoms with Gasteiger partial charge in [-0.05, 0) is 17.7 Å². The molecular weight excluding hydrogens is 332 g/mol. The van der Waals surface area contributed by atoms with Crippen molar-refractivity contribution in [2.75, 3.05) is 0 Å². The minimum absolute atomic E-state index is 0.121. The normalized spacial score (nSPS) is 12.2. The van der Waals surface area contributed by atoms with Gasteiger partial charge in [0.15, 0.2) is 0 Å². The van der Waals surface area contributed by atoms with Crippen molar-refractivity contribution in [1.29, 1.82) is 5.26 Å². The van der Waals surface area contributed by atoms with Crippen LogP contribution in [0.1, 0.15) is 11.1 Å². The summed E-state index contributed by atoms with van der Waals surface area (Å²) in [5, 5.41) is 8.81. The fraction of sp³-hybridized carbons (Fsp3) is 0.100. The minimum atomic E-state index is -0.121. The van der Waals surface area contributed by atoms with Crippen LogP contribution in [0.2, 0.25) is 0 Å². The summed E-state index contributed by atoms with van der Waals surface area (Å²) in [6.45, 7) is 0.460. The summed E-state index contributed by atoms with van der Waals surface area (Å²) in [6, 6.07) is 19.5. The lowest BCUT2D eigenvalue weighted by atomic mass is 10.2. The molecule has 0 bridgehead atoms. The predicted molar refractivity (Wildman–Crippen MR) is 99.7 cm³/mol. The van der Waals surface area contributed by atoms with Crippen molar-refractivity contribution in [2.24, 2.45) is 7.05 Å². The first-order valence-corrected chi connectivity index (χ1v) is 8.54. The number of aromatic nitrogens is 1. The molecule has 0 N–H and O–H groups in total. The molecule has 0 spiro atoms. The molecule has 4 nitrogen and oxygen atoms in total. The van der Waals surface area contributed by atoms with E-state index in [0.29, 0.717) is 21.6 Å². The second-order valence-corrected chi connectivity index (χ2v) is 6.46. The summed E-state index contributed by atoms with van der Waals surface area (Å²) in [4.78, 5) is 12.3. The van der Waals surface area contributed by atoms with Crippen molar-refractivity contribution in [3.05, 3.63) is 85.3 Å². The van der Waals surface area contributed by atoms with Gasteiger partial charge in [-0.15, -0.1) is 11.3 Å². The van der Waals surface area contributed by atoms with Crippen molar-refractivity contribution in [2.45, 2.75) is 6.61 Å². The van der Waals surface area contributed by atoms with Gasteiger partial charge in [-0.3, -0.25) is 4.79 Å². The molecule has 2 aromatic carbocycles. The van der Waals surface area contributed by atoms with Crippen molar-refractivity contribution < 1.29 is 4.74 Å². The van der Waals surface area contributed by atoms with Crippen molar-refractivity contribution in [3.8, 4) is 11.8 Å². The highest BCUT2D eigenvalue weighted by Gasteiger charge is 2.04. The molecule has 0 atom stereocenters. The number of nitrogens with zero attached hydrogens (tertiary/aromatic N) is 2. The molecule has 0 radical (unpaired) electrons. The number of rotatable bonds is 4. The maximum atomic E-state index is 12.3. The molecule has 0 saturated carbocycles. The van der Waals surface area contributed by atoms with Crippen LogP contribution in [0, 0.1) is 11.3 Å². The third-order valence-electron chi connectivity index (χ3n) is 3.69. The van der Waals surface area contributed by atoms with Crippen molar-refractivity contribution in [3.63, 3.8) is 0 Å². The molecule has 25 heavy (non-hydrogen) atoms. The van der Waals surface area contributed by atoms with E-state index in [-0.39, 0.29) is 5.56 Å². The van der Waals surface area contributed by atoms with Crippen LogP contribution in [0.25, 0.3) is 12.2 Å². The van der Waals surface area contributed by atoms with E-state index >= 15 is 0 Å². The fourth-order valence-electron chi connectivity index (χ4n) is 2.37. The van der Waals surface area contributed by atoms with Gasteiger partial charge in [0.05, 0.1) is 10.6 Å². The Morgan fingerprint density at radius 1 is 1.16 bits per heavy atom. The molecule has 0 aliphatic carbocycles. The Kier molecular flexibility index (Phi) is 5.12. The highest BCUT2D eigenvalue weighted by molar-refractivity contribution is 7.07. The quantitative estimate of drug-likeness (QED) is 0.726. The van der Waals surface area contributed by atoms with Crippen LogP contribution >= 0.6 is 11.3 Å². The summed E-state index contributed by atoms with van der Waals surface area (Å²) < 4.78 is 8.60. The van der Waals surface area contributed by atoms with Gasteiger partial charge in [-0.2, -0.15) is 5.26 Å². The lowest BCUT2D eigenvalue weighted by Gasteiger charge is -2.08. The molecule has 5 heteroatoms. The number of ether oxygens (including phenoxy) is 1. The minimum Gasteiger partial charge on any atom is -0.488 e. The Labute approximate surface area is 149 Å². The van der Waals surface area contributed by atoms with E-state index in [1.165, 1.54) is 22.0 Å². The molecule has 0 amide bonds. The van der Waals surface area contributed by atoms with Crippen LogP contribution in [-0.4, -0.2) is 4.57 Å². The second-order valence-electron chi connectivity index (χ2n) is 5.40.